The molecule has 0 radical (unpaired) electrons. The van der Waals surface area contributed by atoms with E-state index in [1.54, 1.807) is 0 Å². The number of piperazine rings is 1. The van der Waals surface area contributed by atoms with Gasteiger partial charge >= 0.3 is 12.4 Å². The predicted octanol–water partition coefficient (Wildman–Crippen LogP) is 3.98. The van der Waals surface area contributed by atoms with Crippen molar-refractivity contribution in [3.05, 3.63) is 33.8 Å². The third kappa shape index (κ3) is 3.94. The van der Waals surface area contributed by atoms with Crippen molar-refractivity contribution in [2.24, 2.45) is 0 Å². The van der Waals surface area contributed by atoms with Gasteiger partial charge in [-0.1, -0.05) is 15.9 Å². The van der Waals surface area contributed by atoms with E-state index in [9.17, 15) is 26.3 Å². The van der Waals surface area contributed by atoms with Crippen LogP contribution in [0.4, 0.5) is 26.3 Å². The summed E-state index contributed by atoms with van der Waals surface area (Å²) in [7, 11) is 0. The molecule has 1 aromatic carbocycles. The Balaban J connectivity index is 2.47. The molecule has 0 unspecified atom stereocenters. The molecule has 1 aromatic rings. The third-order valence-corrected chi connectivity index (χ3v) is 4.17. The zero-order chi connectivity index (χ0) is 16.5. The molecule has 0 aromatic heterocycles. The van der Waals surface area contributed by atoms with Crippen molar-refractivity contribution in [3.8, 4) is 0 Å². The number of hydrogen-bond acceptors (Lipinski definition) is 2. The van der Waals surface area contributed by atoms with Gasteiger partial charge in [0.1, 0.15) is 6.04 Å². The number of hydrogen-bond donors (Lipinski definition) is 1. The van der Waals surface area contributed by atoms with Gasteiger partial charge in [-0.05, 0) is 23.8 Å². The van der Waals surface area contributed by atoms with Crippen LogP contribution in [-0.4, -0.2) is 37.3 Å². The van der Waals surface area contributed by atoms with Crippen LogP contribution in [-0.2, 0) is 6.18 Å². The maximum atomic E-state index is 13.4. The molecule has 2 nitrogen and oxygen atoms in total. The van der Waals surface area contributed by atoms with Gasteiger partial charge in [-0.2, -0.15) is 26.3 Å². The molecule has 1 saturated heterocycles. The molecular weight excluding hydrogens is 378 g/mol. The summed E-state index contributed by atoms with van der Waals surface area (Å²) < 4.78 is 78.7. The predicted molar refractivity (Wildman–Crippen MR) is 72.4 cm³/mol. The minimum Gasteiger partial charge on any atom is -0.314 e. The van der Waals surface area contributed by atoms with E-state index in [1.165, 1.54) is 0 Å². The van der Waals surface area contributed by atoms with Crippen molar-refractivity contribution >= 4 is 15.9 Å². The maximum absolute atomic E-state index is 13.4. The fourth-order valence-corrected chi connectivity index (χ4v) is 2.91. The lowest BCUT2D eigenvalue weighted by molar-refractivity contribution is -0.188. The van der Waals surface area contributed by atoms with Gasteiger partial charge < -0.3 is 5.32 Å². The fourth-order valence-electron chi connectivity index (χ4n) is 2.45. The van der Waals surface area contributed by atoms with E-state index >= 15 is 0 Å². The van der Waals surface area contributed by atoms with Gasteiger partial charge in [-0.15, -0.1) is 0 Å². The molecule has 0 bridgehead atoms. The lowest BCUT2D eigenvalue weighted by Gasteiger charge is -2.36. The monoisotopic (exact) mass is 390 g/mol. The lowest BCUT2D eigenvalue weighted by atomic mass is 10.0. The Kier molecular flexibility index (Phi) is 5.08. The van der Waals surface area contributed by atoms with Crippen molar-refractivity contribution in [3.63, 3.8) is 0 Å². The Morgan fingerprint density at radius 1 is 1.05 bits per heavy atom. The molecule has 0 aliphatic carbocycles. The highest BCUT2D eigenvalue weighted by Gasteiger charge is 2.46. The Morgan fingerprint density at radius 2 is 1.64 bits per heavy atom. The molecule has 0 saturated carbocycles. The SMILES string of the molecule is FC(F)(F)c1ccc(Br)c([C@@H](N2CCNCC2)C(F)(F)F)c1. The van der Waals surface area contributed by atoms with Gasteiger partial charge in [0.2, 0.25) is 0 Å². The van der Waals surface area contributed by atoms with Crippen LogP contribution < -0.4 is 5.32 Å². The number of nitrogens with zero attached hydrogens (tertiary/aromatic N) is 1. The molecule has 1 fully saturated rings. The fraction of sp³-hybridized carbons (Fsp3) is 0.538. The molecule has 9 heteroatoms. The molecule has 0 spiro atoms. The second kappa shape index (κ2) is 6.37. The van der Waals surface area contributed by atoms with Gasteiger partial charge in [0.15, 0.2) is 0 Å². The summed E-state index contributed by atoms with van der Waals surface area (Å²) in [5.41, 5.74) is -1.50. The molecule has 1 aliphatic heterocycles. The highest BCUT2D eigenvalue weighted by molar-refractivity contribution is 9.10. The zero-order valence-electron chi connectivity index (χ0n) is 11.2. The molecule has 2 rings (SSSR count). The summed E-state index contributed by atoms with van der Waals surface area (Å²) >= 11 is 2.95. The Bertz CT molecular complexity index is 522. The van der Waals surface area contributed by atoms with Crippen LogP contribution in [0, 0.1) is 0 Å². The number of nitrogens with one attached hydrogen (secondary N) is 1. The van der Waals surface area contributed by atoms with E-state index in [0.717, 1.165) is 17.0 Å². The molecular formula is C13H13BrF6N2. The summed E-state index contributed by atoms with van der Waals surface area (Å²) in [6.45, 7) is 0.964. The first-order valence-corrected chi connectivity index (χ1v) is 7.28. The molecule has 1 heterocycles. The number of alkyl halides is 6. The molecule has 1 atom stereocenters. The van der Waals surface area contributed by atoms with Crippen LogP contribution >= 0.6 is 15.9 Å². The molecule has 1 aliphatic rings. The molecule has 124 valence electrons. The first kappa shape index (κ1) is 17.6. The van der Waals surface area contributed by atoms with Crippen LogP contribution in [0.5, 0.6) is 0 Å². The van der Waals surface area contributed by atoms with Gasteiger partial charge in [-0.25, -0.2) is 0 Å². The van der Waals surface area contributed by atoms with Crippen LogP contribution in [0.25, 0.3) is 0 Å². The zero-order valence-corrected chi connectivity index (χ0v) is 12.8. The average molecular weight is 391 g/mol. The Hall–Kier alpha value is -0.800. The summed E-state index contributed by atoms with van der Waals surface area (Å²) in [6.07, 6.45) is -9.35. The minimum absolute atomic E-state index is 0.0151. The average Bonchev–Trinajstić information content (AvgIpc) is 2.39. The van der Waals surface area contributed by atoms with Crippen molar-refractivity contribution in [2.45, 2.75) is 18.4 Å². The summed E-state index contributed by atoms with van der Waals surface area (Å²) in [5.74, 6) is 0. The topological polar surface area (TPSA) is 15.3 Å². The first-order chi connectivity index (χ1) is 10.1. The van der Waals surface area contributed by atoms with Crippen molar-refractivity contribution in [1.82, 2.24) is 10.2 Å². The van der Waals surface area contributed by atoms with Gasteiger partial charge in [0.25, 0.3) is 0 Å². The number of rotatable bonds is 2. The lowest BCUT2D eigenvalue weighted by Crippen LogP contribution is -2.49. The van der Waals surface area contributed by atoms with Crippen LogP contribution in [0.1, 0.15) is 17.2 Å². The normalized spacial score (nSPS) is 19.2. The van der Waals surface area contributed by atoms with E-state index in [1.807, 2.05) is 0 Å². The van der Waals surface area contributed by atoms with E-state index in [2.05, 4.69) is 21.2 Å². The van der Waals surface area contributed by atoms with E-state index in [0.29, 0.717) is 19.2 Å². The highest BCUT2D eigenvalue weighted by Crippen LogP contribution is 2.42. The van der Waals surface area contributed by atoms with E-state index < -0.39 is 29.5 Å². The van der Waals surface area contributed by atoms with Crippen molar-refractivity contribution in [2.75, 3.05) is 26.2 Å². The van der Waals surface area contributed by atoms with Gasteiger partial charge in [0.05, 0.1) is 5.56 Å². The number of benzene rings is 1. The maximum Gasteiger partial charge on any atom is 0.416 e. The quantitative estimate of drug-likeness (QED) is 0.768. The summed E-state index contributed by atoms with van der Waals surface area (Å²) in [5, 5.41) is 2.92. The standard InChI is InChI=1S/C13H13BrF6N2/c14-10-2-1-8(12(15,16)17)7-9(10)11(13(18,19)20)22-5-3-21-4-6-22/h1-2,7,11,21H,3-6H2/t11-/m1/s1. The number of halogens is 7. The highest BCUT2D eigenvalue weighted by atomic mass is 79.9. The van der Waals surface area contributed by atoms with Crippen LogP contribution in [0.2, 0.25) is 0 Å². The summed E-state index contributed by atoms with van der Waals surface area (Å²) in [6, 6.07) is 0.286. The van der Waals surface area contributed by atoms with Gasteiger partial charge in [-0.3, -0.25) is 4.90 Å². The second-order valence-electron chi connectivity index (χ2n) is 4.96. The smallest absolute Gasteiger partial charge is 0.314 e. The largest absolute Gasteiger partial charge is 0.416 e. The molecule has 1 N–H and O–H groups in total. The third-order valence-electron chi connectivity index (χ3n) is 3.44. The second-order valence-corrected chi connectivity index (χ2v) is 5.82. The van der Waals surface area contributed by atoms with E-state index in [-0.39, 0.29) is 17.6 Å². The van der Waals surface area contributed by atoms with Crippen molar-refractivity contribution in [1.29, 1.82) is 0 Å². The van der Waals surface area contributed by atoms with E-state index in [4.69, 9.17) is 0 Å². The van der Waals surface area contributed by atoms with Crippen molar-refractivity contribution < 1.29 is 26.3 Å². The Labute approximate surface area is 131 Å². The summed E-state index contributed by atoms with van der Waals surface area (Å²) in [4.78, 5) is 1.15. The van der Waals surface area contributed by atoms with Crippen LogP contribution in [0.3, 0.4) is 0 Å². The van der Waals surface area contributed by atoms with Gasteiger partial charge in [0, 0.05) is 30.7 Å². The minimum atomic E-state index is -4.69. The first-order valence-electron chi connectivity index (χ1n) is 6.49. The molecule has 0 amide bonds. The molecule has 22 heavy (non-hydrogen) atoms. The Morgan fingerprint density at radius 3 is 2.14 bits per heavy atom. The van der Waals surface area contributed by atoms with Crippen LogP contribution in [0.15, 0.2) is 22.7 Å².